The molecule has 0 saturated carbocycles. The fourth-order valence-electron chi connectivity index (χ4n) is 5.70. The molecular formula is C27H28N2O2S. The summed E-state index contributed by atoms with van der Waals surface area (Å²) >= 11 is 2.06. The highest BCUT2D eigenvalue weighted by molar-refractivity contribution is 8.00. The first-order valence-electron chi connectivity index (χ1n) is 11.6. The standard InChI is InChI=1S/C27H28N2O2S/c1-31-25-15-21(28-27(29-25)19-8-4-5-9-22(19)30)17-10-12-20-24(14-17)32-23-13-11-16-6-2-3-7-18(16)26(20)23/h2,5-6,9-10,12,14-15,21,23,26,28-29H,3-4,7-8,11,13H2,1H3. The number of hydrogen-bond acceptors (Lipinski definition) is 5. The Hall–Kier alpha value is -2.66. The number of hydrogen-bond donors (Lipinski definition) is 2. The van der Waals surface area contributed by atoms with Gasteiger partial charge in [0.05, 0.1) is 13.2 Å². The van der Waals surface area contributed by atoms with Gasteiger partial charge in [-0.3, -0.25) is 4.79 Å². The summed E-state index contributed by atoms with van der Waals surface area (Å²) in [6.07, 6.45) is 16.9. The van der Waals surface area contributed by atoms with Crippen LogP contribution in [0.25, 0.3) is 0 Å². The first kappa shape index (κ1) is 20.0. The fraction of sp³-hybridized carbons (Fsp3) is 0.370. The first-order chi connectivity index (χ1) is 15.7. The Bertz CT molecular complexity index is 1140. The zero-order chi connectivity index (χ0) is 21.7. The van der Waals surface area contributed by atoms with Crippen molar-refractivity contribution >= 4 is 17.5 Å². The van der Waals surface area contributed by atoms with Crippen molar-refractivity contribution in [2.75, 3.05) is 7.11 Å². The van der Waals surface area contributed by atoms with Crippen LogP contribution < -0.4 is 10.6 Å². The Morgan fingerprint density at radius 2 is 1.97 bits per heavy atom. The van der Waals surface area contributed by atoms with E-state index in [0.717, 1.165) is 24.2 Å². The highest BCUT2D eigenvalue weighted by Gasteiger charge is 2.39. The summed E-state index contributed by atoms with van der Waals surface area (Å²) < 4.78 is 5.56. The molecule has 3 aliphatic carbocycles. The van der Waals surface area contributed by atoms with Gasteiger partial charge < -0.3 is 15.4 Å². The van der Waals surface area contributed by atoms with Crippen LogP contribution in [-0.2, 0) is 9.53 Å². The van der Waals surface area contributed by atoms with Crippen molar-refractivity contribution in [3.63, 3.8) is 0 Å². The predicted octanol–water partition coefficient (Wildman–Crippen LogP) is 5.54. The molecule has 3 atom stereocenters. The van der Waals surface area contributed by atoms with E-state index in [0.29, 0.717) is 17.1 Å². The molecule has 4 nitrogen and oxygen atoms in total. The molecule has 0 aromatic heterocycles. The highest BCUT2D eigenvalue weighted by atomic mass is 32.2. The van der Waals surface area contributed by atoms with Gasteiger partial charge in [0.25, 0.3) is 0 Å². The lowest BCUT2D eigenvalue weighted by Gasteiger charge is -2.32. The summed E-state index contributed by atoms with van der Waals surface area (Å²) in [5.74, 6) is 2.10. The van der Waals surface area contributed by atoms with E-state index < -0.39 is 0 Å². The van der Waals surface area contributed by atoms with E-state index in [1.54, 1.807) is 24.3 Å². The van der Waals surface area contributed by atoms with Crippen LogP contribution in [0.3, 0.4) is 0 Å². The van der Waals surface area contributed by atoms with Gasteiger partial charge in [0.2, 0.25) is 0 Å². The molecule has 5 heteroatoms. The summed E-state index contributed by atoms with van der Waals surface area (Å²) in [6.45, 7) is 0. The van der Waals surface area contributed by atoms with Gasteiger partial charge >= 0.3 is 0 Å². The molecule has 1 aromatic carbocycles. The molecule has 32 heavy (non-hydrogen) atoms. The smallest absolute Gasteiger partial charge is 0.190 e. The average Bonchev–Trinajstić information content (AvgIpc) is 3.22. The molecule has 2 N–H and O–H groups in total. The van der Waals surface area contributed by atoms with Crippen molar-refractivity contribution in [3.8, 4) is 0 Å². The second kappa shape index (κ2) is 8.04. The highest BCUT2D eigenvalue weighted by Crippen LogP contribution is 2.56. The third-order valence-electron chi connectivity index (χ3n) is 7.28. The molecule has 0 bridgehead atoms. The fourth-order valence-corrected chi connectivity index (χ4v) is 7.25. The van der Waals surface area contributed by atoms with Crippen LogP contribution in [0.5, 0.6) is 0 Å². The van der Waals surface area contributed by atoms with E-state index in [4.69, 9.17) is 4.74 Å². The van der Waals surface area contributed by atoms with Crippen LogP contribution in [0.1, 0.15) is 61.6 Å². The summed E-state index contributed by atoms with van der Waals surface area (Å²) in [5, 5.41) is 7.49. The van der Waals surface area contributed by atoms with Gasteiger partial charge in [0, 0.05) is 27.7 Å². The molecule has 164 valence electrons. The summed E-state index contributed by atoms with van der Waals surface area (Å²) in [6, 6.07) is 6.93. The number of fused-ring (bicyclic) bond motifs is 4. The first-order valence-corrected chi connectivity index (χ1v) is 12.5. The van der Waals surface area contributed by atoms with Crippen LogP contribution in [0, 0.1) is 0 Å². The van der Waals surface area contributed by atoms with Crippen molar-refractivity contribution < 1.29 is 9.53 Å². The van der Waals surface area contributed by atoms with Gasteiger partial charge in [0.15, 0.2) is 11.7 Å². The Morgan fingerprint density at radius 1 is 1.09 bits per heavy atom. The molecule has 1 aromatic rings. The van der Waals surface area contributed by atoms with Gasteiger partial charge in [-0.15, -0.1) is 11.8 Å². The Morgan fingerprint density at radius 3 is 2.84 bits per heavy atom. The van der Waals surface area contributed by atoms with Crippen molar-refractivity contribution in [3.05, 3.63) is 88.1 Å². The molecule has 0 fully saturated rings. The van der Waals surface area contributed by atoms with Gasteiger partial charge in [-0.2, -0.15) is 0 Å². The van der Waals surface area contributed by atoms with Crippen molar-refractivity contribution in [2.45, 2.75) is 60.6 Å². The molecule has 0 radical (unpaired) electrons. The zero-order valence-corrected chi connectivity index (χ0v) is 19.1. The maximum Gasteiger partial charge on any atom is 0.190 e. The van der Waals surface area contributed by atoms with Crippen LogP contribution in [-0.4, -0.2) is 18.1 Å². The number of carbonyl (C=O) groups excluding carboxylic acids is 1. The molecule has 3 unspecified atom stereocenters. The molecule has 2 aliphatic heterocycles. The van der Waals surface area contributed by atoms with Crippen LogP contribution >= 0.6 is 11.8 Å². The van der Waals surface area contributed by atoms with Gasteiger partial charge in [-0.05, 0) is 67.4 Å². The van der Waals surface area contributed by atoms with Crippen molar-refractivity contribution in [1.29, 1.82) is 0 Å². The second-order valence-electron chi connectivity index (χ2n) is 9.10. The number of allylic oxidation sites excluding steroid dienone is 7. The molecule has 0 amide bonds. The minimum Gasteiger partial charge on any atom is -0.482 e. The van der Waals surface area contributed by atoms with Gasteiger partial charge in [-0.1, -0.05) is 35.9 Å². The third kappa shape index (κ3) is 3.34. The topological polar surface area (TPSA) is 50.4 Å². The van der Waals surface area contributed by atoms with E-state index in [-0.39, 0.29) is 11.8 Å². The number of benzene rings is 1. The molecule has 0 spiro atoms. The number of nitrogens with one attached hydrogen (secondary N) is 2. The number of methoxy groups -OCH3 is 1. The number of ether oxygens (including phenoxy) is 1. The minimum atomic E-state index is -0.0340. The number of rotatable bonds is 2. The van der Waals surface area contributed by atoms with Crippen molar-refractivity contribution in [2.24, 2.45) is 0 Å². The van der Waals surface area contributed by atoms with Crippen LogP contribution in [0.2, 0.25) is 0 Å². The normalized spacial score (nSPS) is 30.7. The van der Waals surface area contributed by atoms with Crippen LogP contribution in [0.15, 0.2) is 81.9 Å². The molecular weight excluding hydrogens is 416 g/mol. The lowest BCUT2D eigenvalue weighted by atomic mass is 9.75. The van der Waals surface area contributed by atoms with E-state index in [1.165, 1.54) is 41.7 Å². The number of ketones is 1. The van der Waals surface area contributed by atoms with Gasteiger partial charge in [-0.25, -0.2) is 0 Å². The largest absolute Gasteiger partial charge is 0.482 e. The minimum absolute atomic E-state index is 0.0340. The molecule has 6 rings (SSSR count). The SMILES string of the molecule is COC1=CC(c2ccc3c(c2)SC2CCC4=C(CCC=C4)C32)NC(=C2CCC=CC2=O)N1. The van der Waals surface area contributed by atoms with Gasteiger partial charge in [0.1, 0.15) is 5.82 Å². The van der Waals surface area contributed by atoms with Crippen molar-refractivity contribution in [1.82, 2.24) is 10.6 Å². The van der Waals surface area contributed by atoms with E-state index in [2.05, 4.69) is 58.8 Å². The average molecular weight is 445 g/mol. The molecule has 0 saturated heterocycles. The predicted molar refractivity (Wildman–Crippen MR) is 128 cm³/mol. The molecule has 5 aliphatic rings. The maximum absolute atomic E-state index is 12.4. The number of carbonyl (C=O) groups is 1. The summed E-state index contributed by atoms with van der Waals surface area (Å²) in [4.78, 5) is 13.9. The maximum atomic E-state index is 12.4. The Kier molecular flexibility index (Phi) is 5.02. The third-order valence-corrected chi connectivity index (χ3v) is 8.70. The van der Waals surface area contributed by atoms with E-state index in [9.17, 15) is 4.79 Å². The number of thioether (sulfide) groups is 1. The summed E-state index contributed by atoms with van der Waals surface area (Å²) in [5.41, 5.74) is 6.78. The van der Waals surface area contributed by atoms with Crippen LogP contribution in [0.4, 0.5) is 0 Å². The quantitative estimate of drug-likeness (QED) is 0.587. The van der Waals surface area contributed by atoms with E-state index in [1.807, 2.05) is 6.08 Å². The van der Waals surface area contributed by atoms with E-state index >= 15 is 0 Å². The monoisotopic (exact) mass is 444 g/mol. The lowest BCUT2D eigenvalue weighted by molar-refractivity contribution is -0.111. The summed E-state index contributed by atoms with van der Waals surface area (Å²) in [7, 11) is 1.67. The zero-order valence-electron chi connectivity index (χ0n) is 18.3. The Balaban J connectivity index is 1.34. The second-order valence-corrected chi connectivity index (χ2v) is 10.4. The molecule has 2 heterocycles. The lowest BCUT2D eigenvalue weighted by Crippen LogP contribution is -2.37. The Labute approximate surface area is 193 Å².